The van der Waals surface area contributed by atoms with Crippen molar-refractivity contribution < 1.29 is 0 Å². The molecular weight excluding hydrogens is 180 g/mol. The molecule has 0 heteroatoms. The van der Waals surface area contributed by atoms with Crippen LogP contribution in [0.1, 0.15) is 90.5 Å². The lowest BCUT2D eigenvalue weighted by molar-refractivity contribution is 0.736. The van der Waals surface area contributed by atoms with Gasteiger partial charge in [0, 0.05) is 0 Å². The Morgan fingerprint density at radius 3 is 0.400 bits per heavy atom. The van der Waals surface area contributed by atoms with Crippen LogP contribution >= 0.6 is 0 Å². The van der Waals surface area contributed by atoms with Crippen LogP contribution in [0.3, 0.4) is 0 Å². The highest BCUT2D eigenvalue weighted by atomic mass is 13.7. The molecule has 102 valence electrons. The van der Waals surface area contributed by atoms with E-state index >= 15 is 0 Å². The van der Waals surface area contributed by atoms with E-state index in [2.05, 4.69) is 41.5 Å². The summed E-state index contributed by atoms with van der Waals surface area (Å²) < 4.78 is 0. The van der Waals surface area contributed by atoms with Gasteiger partial charge < -0.3 is 0 Å². The smallest absolute Gasteiger partial charge is 0.0500 e. The molecule has 0 atom stereocenters. The monoisotopic (exact) mass is 222 g/mol. The van der Waals surface area contributed by atoms with Crippen molar-refractivity contribution in [3.8, 4) is 0 Å². The zero-order chi connectivity index (χ0) is 13.2. The van der Waals surface area contributed by atoms with Gasteiger partial charge in [-0.1, -0.05) is 90.5 Å². The Bertz CT molecular complexity index is 15.5. The minimum atomic E-state index is 0. The van der Waals surface area contributed by atoms with Crippen LogP contribution in [0.2, 0.25) is 0 Å². The Labute approximate surface area is 103 Å². The third-order valence-electron chi connectivity index (χ3n) is 0. The molecule has 0 aliphatic rings. The predicted octanol–water partition coefficient (Wildman–Crippen LogP) is 7.04. The third kappa shape index (κ3) is 0. The lowest BCUT2D eigenvalue weighted by Gasteiger charge is -1.79. The maximum atomic E-state index is 2.17. The second-order valence-corrected chi connectivity index (χ2v) is 3.46. The molecule has 0 aliphatic carbocycles. The fourth-order valence-corrected chi connectivity index (χ4v) is 0. The van der Waals surface area contributed by atoms with Crippen LogP contribution in [0.15, 0.2) is 0 Å². The molecule has 15 heavy (non-hydrogen) atoms. The van der Waals surface area contributed by atoms with E-state index in [1.165, 1.54) is 0 Å². The highest BCUT2D eigenvalue weighted by molar-refractivity contribution is 4.21. The van der Waals surface area contributed by atoms with Crippen LogP contribution in [0.5, 0.6) is 0 Å². The molecule has 0 unspecified atom stereocenters. The van der Waals surface area contributed by atoms with Crippen molar-refractivity contribution in [3.05, 3.63) is 0 Å². The maximum Gasteiger partial charge on any atom is -0.0500 e. The first-order valence-electron chi connectivity index (χ1n) is 6.46. The lowest BCUT2D eigenvalue weighted by Crippen LogP contribution is -1.66. The molecule has 0 N–H and O–H groups in total. The molecule has 0 rings (SSSR count). The van der Waals surface area contributed by atoms with Gasteiger partial charge in [-0.2, -0.15) is 0 Å². The molecule has 0 heterocycles. The van der Waals surface area contributed by atoms with Crippen LogP contribution in [0.4, 0.5) is 0 Å². The first kappa shape index (κ1) is 36.3. The first-order chi connectivity index (χ1) is 6.46. The Morgan fingerprint density at radius 2 is 0.400 bits per heavy atom. The van der Waals surface area contributed by atoms with E-state index in [9.17, 15) is 0 Å². The molecule has 0 aromatic heterocycles. The highest BCUT2D eigenvalue weighted by Crippen LogP contribution is 1.81. The highest BCUT2D eigenvalue weighted by Gasteiger charge is 1.68. The van der Waals surface area contributed by atoms with Gasteiger partial charge in [0.2, 0.25) is 0 Å². The first-order valence-corrected chi connectivity index (χ1v) is 6.46. The Hall–Kier alpha value is 0. The molecule has 0 nitrogen and oxygen atoms in total. The largest absolute Gasteiger partial charge is 0.0776 e. The van der Waals surface area contributed by atoms with Crippen LogP contribution in [-0.4, -0.2) is 0 Å². The summed E-state index contributed by atoms with van der Waals surface area (Å²) in [7, 11) is 0. The van der Waals surface area contributed by atoms with Gasteiger partial charge in [0.25, 0.3) is 0 Å². The molecule has 0 radical (unpaired) electrons. The van der Waals surface area contributed by atoms with E-state index < -0.39 is 0 Å². The second-order valence-electron chi connectivity index (χ2n) is 3.46. The summed E-state index contributed by atoms with van der Waals surface area (Å²) in [4.78, 5) is 0. The summed E-state index contributed by atoms with van der Waals surface area (Å²) in [5, 5.41) is 0. The van der Waals surface area contributed by atoms with Crippen molar-refractivity contribution in [1.82, 2.24) is 0 Å². The number of rotatable bonds is 0. The van der Waals surface area contributed by atoms with Gasteiger partial charge in [0.15, 0.2) is 0 Å². The van der Waals surface area contributed by atoms with Gasteiger partial charge in [0.1, 0.15) is 0 Å². The van der Waals surface area contributed by atoms with Gasteiger partial charge in [0.05, 0.1) is 0 Å². The molecule has 0 aliphatic heterocycles. The zero-order valence-electron chi connectivity index (χ0n) is 13.2. The maximum absolute atomic E-state index is 2.17. The minimum absolute atomic E-state index is 0. The third-order valence-corrected chi connectivity index (χ3v) is 0. The predicted molar refractivity (Wildman–Crippen MR) is 81.8 cm³/mol. The number of hydrogen-bond donors (Lipinski definition) is 0. The van der Waals surface area contributed by atoms with Crippen molar-refractivity contribution >= 4 is 0 Å². The molecule has 0 bridgehead atoms. The van der Waals surface area contributed by atoms with E-state index in [0.717, 1.165) is 11.8 Å². The zero-order valence-corrected chi connectivity index (χ0v) is 13.2. The van der Waals surface area contributed by atoms with Crippen molar-refractivity contribution in [2.75, 3.05) is 0 Å². The van der Waals surface area contributed by atoms with Crippen LogP contribution in [-0.2, 0) is 0 Å². The Balaban J connectivity index is -0.0000000175. The fraction of sp³-hybridized carbons (Fsp3) is 1.00. The molecule has 0 saturated carbocycles. The molecule has 0 spiro atoms. The van der Waals surface area contributed by atoms with E-state index in [4.69, 9.17) is 0 Å². The minimum Gasteiger partial charge on any atom is -0.0776 e. The number of hydrogen-bond acceptors (Lipinski definition) is 0. The summed E-state index contributed by atoms with van der Waals surface area (Å²) in [6.45, 7) is 25.0. The van der Waals surface area contributed by atoms with Gasteiger partial charge >= 0.3 is 0 Å². The van der Waals surface area contributed by atoms with Crippen molar-refractivity contribution in [2.24, 2.45) is 11.8 Å². The van der Waals surface area contributed by atoms with Gasteiger partial charge in [-0.05, 0) is 11.8 Å². The van der Waals surface area contributed by atoms with E-state index in [0.29, 0.717) is 0 Å². The summed E-state index contributed by atoms with van der Waals surface area (Å²) >= 11 is 0. The van der Waals surface area contributed by atoms with Crippen LogP contribution in [0, 0.1) is 11.8 Å². The van der Waals surface area contributed by atoms with Gasteiger partial charge in [-0.25, -0.2) is 0 Å². The molecule has 0 fully saturated rings. The second kappa shape index (κ2) is 65.7. The van der Waals surface area contributed by atoms with Crippen LogP contribution < -0.4 is 0 Å². The average molecular weight is 223 g/mol. The fourth-order valence-electron chi connectivity index (χ4n) is 0. The normalized spacial score (nSPS) is 6.00. The van der Waals surface area contributed by atoms with Gasteiger partial charge in [-0.15, -0.1) is 0 Å². The Morgan fingerprint density at radius 1 is 0.400 bits per heavy atom. The summed E-state index contributed by atoms with van der Waals surface area (Å²) in [5.74, 6) is 1.67. The Kier molecular flexibility index (Phi) is 159. The summed E-state index contributed by atoms with van der Waals surface area (Å²) in [6.07, 6.45) is 0. The van der Waals surface area contributed by atoms with Gasteiger partial charge in [-0.3, -0.25) is 0 Å². The molecule has 0 aromatic rings. The molecule has 0 saturated heterocycles. The summed E-state index contributed by atoms with van der Waals surface area (Å²) in [6, 6.07) is 0. The lowest BCUT2D eigenvalue weighted by atomic mass is 10.3. The molecule has 0 amide bonds. The quantitative estimate of drug-likeness (QED) is 0.412. The average Bonchev–Trinajstić information content (AvgIpc) is 2.12. The van der Waals surface area contributed by atoms with E-state index in [1.54, 1.807) is 0 Å². The topological polar surface area (TPSA) is 0 Å². The van der Waals surface area contributed by atoms with E-state index in [-0.39, 0.29) is 7.43 Å². The molecule has 0 aromatic carbocycles. The van der Waals surface area contributed by atoms with Crippen molar-refractivity contribution in [1.29, 1.82) is 0 Å². The van der Waals surface area contributed by atoms with E-state index in [1.807, 2.05) is 41.5 Å². The van der Waals surface area contributed by atoms with Crippen LogP contribution in [0.25, 0.3) is 0 Å². The molecular formula is C15H42. The SMILES string of the molecule is C.CC.CC.CC.CC(C)C.CC(C)C. The standard InChI is InChI=1S/2C4H10.3C2H6.CH4/c2*1-4(2)3;3*1-2;/h2*4H,1-3H3;3*1-2H3;1H4. The summed E-state index contributed by atoms with van der Waals surface area (Å²) in [5.41, 5.74) is 0. The van der Waals surface area contributed by atoms with Crippen molar-refractivity contribution in [2.45, 2.75) is 90.5 Å². The van der Waals surface area contributed by atoms with Crippen molar-refractivity contribution in [3.63, 3.8) is 0 Å².